The molecule has 1 heterocycles. The minimum atomic E-state index is -0.274. The van der Waals surface area contributed by atoms with Crippen molar-refractivity contribution in [3.05, 3.63) is 58.6 Å². The number of nitrogens with one attached hydrogen (secondary N) is 1. The molecule has 1 aromatic carbocycles. The van der Waals surface area contributed by atoms with Gasteiger partial charge >= 0.3 is 0 Å². The molecule has 0 unspecified atom stereocenters. The molecule has 0 fully saturated rings. The van der Waals surface area contributed by atoms with E-state index in [0.717, 1.165) is 4.47 Å². The quantitative estimate of drug-likeness (QED) is 0.698. The second kappa shape index (κ2) is 6.19. The van der Waals surface area contributed by atoms with Crippen molar-refractivity contribution in [2.75, 3.05) is 0 Å². The van der Waals surface area contributed by atoms with Crippen molar-refractivity contribution in [2.45, 2.75) is 6.92 Å². The standard InChI is InChI=1S/C13H11BrN4O/c1-9(12-8-15-5-6-16-12)17-18-13(19)10-3-2-4-11(14)7-10/h2-8H,1H3,(H,18,19)/b17-9-. The fourth-order valence-corrected chi connectivity index (χ4v) is 1.77. The number of aromatic nitrogens is 2. The molecule has 0 aliphatic heterocycles. The number of hydrogen-bond donors (Lipinski definition) is 1. The molecule has 1 aromatic heterocycles. The largest absolute Gasteiger partial charge is 0.271 e. The predicted molar refractivity (Wildman–Crippen MR) is 75.9 cm³/mol. The topological polar surface area (TPSA) is 67.2 Å². The minimum absolute atomic E-state index is 0.274. The van der Waals surface area contributed by atoms with Crippen LogP contribution in [0.3, 0.4) is 0 Å². The fourth-order valence-electron chi connectivity index (χ4n) is 1.37. The van der Waals surface area contributed by atoms with E-state index in [-0.39, 0.29) is 5.91 Å². The zero-order valence-corrected chi connectivity index (χ0v) is 11.8. The Morgan fingerprint density at radius 1 is 1.37 bits per heavy atom. The van der Waals surface area contributed by atoms with Gasteiger partial charge in [0.25, 0.3) is 5.91 Å². The van der Waals surface area contributed by atoms with Crippen molar-refractivity contribution < 1.29 is 4.79 Å². The lowest BCUT2D eigenvalue weighted by atomic mass is 10.2. The summed E-state index contributed by atoms with van der Waals surface area (Å²) in [4.78, 5) is 19.9. The number of halogens is 1. The molecule has 1 amide bonds. The molecule has 0 spiro atoms. The maximum absolute atomic E-state index is 11.9. The first kappa shape index (κ1) is 13.4. The molecular formula is C13H11BrN4O. The van der Waals surface area contributed by atoms with Crippen LogP contribution in [0.1, 0.15) is 23.0 Å². The number of benzene rings is 1. The third kappa shape index (κ3) is 3.69. The molecule has 2 rings (SSSR count). The number of nitrogens with zero attached hydrogens (tertiary/aromatic N) is 3. The molecule has 0 aliphatic carbocycles. The van der Waals surface area contributed by atoms with Gasteiger partial charge in [-0.15, -0.1) is 0 Å². The predicted octanol–water partition coefficient (Wildman–Crippen LogP) is 2.39. The van der Waals surface area contributed by atoms with Crippen molar-refractivity contribution in [1.29, 1.82) is 0 Å². The molecule has 19 heavy (non-hydrogen) atoms. The number of carbonyl (C=O) groups is 1. The van der Waals surface area contributed by atoms with Crippen LogP contribution >= 0.6 is 15.9 Å². The molecule has 5 nitrogen and oxygen atoms in total. The minimum Gasteiger partial charge on any atom is -0.267 e. The number of amides is 1. The Morgan fingerprint density at radius 3 is 2.89 bits per heavy atom. The average Bonchev–Trinajstić information content (AvgIpc) is 2.45. The van der Waals surface area contributed by atoms with Crippen LogP contribution in [0.15, 0.2) is 52.4 Å². The summed E-state index contributed by atoms with van der Waals surface area (Å²) in [6.07, 6.45) is 4.74. The maximum Gasteiger partial charge on any atom is 0.271 e. The van der Waals surface area contributed by atoms with Gasteiger partial charge in [0.1, 0.15) is 5.69 Å². The van der Waals surface area contributed by atoms with Gasteiger partial charge in [0.05, 0.1) is 11.9 Å². The monoisotopic (exact) mass is 318 g/mol. The lowest BCUT2D eigenvalue weighted by Crippen LogP contribution is -2.19. The Morgan fingerprint density at radius 2 is 2.21 bits per heavy atom. The highest BCUT2D eigenvalue weighted by atomic mass is 79.9. The van der Waals surface area contributed by atoms with Crippen LogP contribution in [-0.4, -0.2) is 21.6 Å². The van der Waals surface area contributed by atoms with Gasteiger partial charge in [-0.3, -0.25) is 14.8 Å². The SMILES string of the molecule is C/C(=N/NC(=O)c1cccc(Br)c1)c1cnccn1. The van der Waals surface area contributed by atoms with Gasteiger partial charge in [0.2, 0.25) is 0 Å². The van der Waals surface area contributed by atoms with E-state index < -0.39 is 0 Å². The Labute approximate surface area is 118 Å². The number of hydrazone groups is 1. The van der Waals surface area contributed by atoms with E-state index in [1.807, 2.05) is 6.07 Å². The Hall–Kier alpha value is -2.08. The van der Waals surface area contributed by atoms with Crippen LogP contribution in [0, 0.1) is 0 Å². The molecule has 6 heteroatoms. The summed E-state index contributed by atoms with van der Waals surface area (Å²) < 4.78 is 0.842. The molecule has 96 valence electrons. The van der Waals surface area contributed by atoms with E-state index in [0.29, 0.717) is 17.0 Å². The lowest BCUT2D eigenvalue weighted by molar-refractivity contribution is 0.0955. The summed E-state index contributed by atoms with van der Waals surface area (Å²) in [5.74, 6) is -0.274. The van der Waals surface area contributed by atoms with Crippen LogP contribution < -0.4 is 5.43 Å². The highest BCUT2D eigenvalue weighted by Crippen LogP contribution is 2.11. The van der Waals surface area contributed by atoms with Gasteiger partial charge < -0.3 is 0 Å². The van der Waals surface area contributed by atoms with Crippen molar-refractivity contribution in [2.24, 2.45) is 5.10 Å². The third-order valence-corrected chi connectivity index (χ3v) is 2.84. The normalized spacial score (nSPS) is 11.2. The summed E-state index contributed by atoms with van der Waals surface area (Å²) in [6, 6.07) is 7.08. The molecule has 0 saturated carbocycles. The first-order chi connectivity index (χ1) is 9.16. The molecule has 2 aromatic rings. The van der Waals surface area contributed by atoms with Gasteiger partial charge in [0.15, 0.2) is 0 Å². The van der Waals surface area contributed by atoms with Gasteiger partial charge in [-0.2, -0.15) is 5.10 Å². The van der Waals surface area contributed by atoms with Crippen LogP contribution in [-0.2, 0) is 0 Å². The zero-order valence-electron chi connectivity index (χ0n) is 10.2. The number of carbonyl (C=O) groups excluding carboxylic acids is 1. The summed E-state index contributed by atoms with van der Waals surface area (Å²) in [5.41, 5.74) is 4.23. The average molecular weight is 319 g/mol. The van der Waals surface area contributed by atoms with Gasteiger partial charge in [-0.1, -0.05) is 22.0 Å². The highest BCUT2D eigenvalue weighted by Gasteiger charge is 2.05. The van der Waals surface area contributed by atoms with Crippen LogP contribution in [0.5, 0.6) is 0 Å². The van der Waals surface area contributed by atoms with Crippen LogP contribution in [0.2, 0.25) is 0 Å². The number of hydrogen-bond acceptors (Lipinski definition) is 4. The Kier molecular flexibility index (Phi) is 4.35. The Bertz CT molecular complexity index is 613. The fraction of sp³-hybridized carbons (Fsp3) is 0.0769. The van der Waals surface area contributed by atoms with E-state index >= 15 is 0 Å². The van der Waals surface area contributed by atoms with E-state index in [2.05, 4.69) is 36.4 Å². The third-order valence-electron chi connectivity index (χ3n) is 2.35. The van der Waals surface area contributed by atoms with Gasteiger partial charge in [-0.25, -0.2) is 5.43 Å². The van der Waals surface area contributed by atoms with Gasteiger partial charge in [0, 0.05) is 22.4 Å². The molecule has 1 N–H and O–H groups in total. The molecule has 0 bridgehead atoms. The van der Waals surface area contributed by atoms with E-state index in [9.17, 15) is 4.79 Å². The summed E-state index contributed by atoms with van der Waals surface area (Å²) in [7, 11) is 0. The second-order valence-corrected chi connectivity index (χ2v) is 4.65. The smallest absolute Gasteiger partial charge is 0.267 e. The first-order valence-electron chi connectivity index (χ1n) is 5.53. The second-order valence-electron chi connectivity index (χ2n) is 3.74. The summed E-state index contributed by atoms with van der Waals surface area (Å²) in [5, 5.41) is 4.00. The van der Waals surface area contributed by atoms with Gasteiger partial charge in [-0.05, 0) is 25.1 Å². The summed E-state index contributed by atoms with van der Waals surface area (Å²) in [6.45, 7) is 1.76. The molecule has 0 aliphatic rings. The van der Waals surface area contributed by atoms with Crippen molar-refractivity contribution >= 4 is 27.5 Å². The molecular weight excluding hydrogens is 308 g/mol. The van der Waals surface area contributed by atoms with E-state index in [1.54, 1.807) is 43.7 Å². The lowest BCUT2D eigenvalue weighted by Gasteiger charge is -2.02. The summed E-state index contributed by atoms with van der Waals surface area (Å²) >= 11 is 3.31. The molecule has 0 atom stereocenters. The van der Waals surface area contributed by atoms with Crippen LogP contribution in [0.4, 0.5) is 0 Å². The Balaban J connectivity index is 2.08. The van der Waals surface area contributed by atoms with Crippen LogP contribution in [0.25, 0.3) is 0 Å². The maximum atomic E-state index is 11.9. The van der Waals surface area contributed by atoms with E-state index in [1.165, 1.54) is 0 Å². The molecule has 0 radical (unpaired) electrons. The first-order valence-corrected chi connectivity index (χ1v) is 6.32. The van der Waals surface area contributed by atoms with Crippen molar-refractivity contribution in [3.63, 3.8) is 0 Å². The number of rotatable bonds is 3. The van der Waals surface area contributed by atoms with Crippen molar-refractivity contribution in [1.82, 2.24) is 15.4 Å². The van der Waals surface area contributed by atoms with E-state index in [4.69, 9.17) is 0 Å². The highest BCUT2D eigenvalue weighted by molar-refractivity contribution is 9.10. The van der Waals surface area contributed by atoms with Crippen molar-refractivity contribution in [3.8, 4) is 0 Å². The zero-order chi connectivity index (χ0) is 13.7. The molecule has 0 saturated heterocycles.